The minimum atomic E-state index is -0.498. The summed E-state index contributed by atoms with van der Waals surface area (Å²) in [7, 11) is 0. The van der Waals surface area contributed by atoms with Crippen molar-refractivity contribution >= 4 is 11.9 Å². The summed E-state index contributed by atoms with van der Waals surface area (Å²) in [4.78, 5) is 16.2. The van der Waals surface area contributed by atoms with E-state index in [0.29, 0.717) is 37.8 Å². The third-order valence-electron chi connectivity index (χ3n) is 3.76. The second-order valence-corrected chi connectivity index (χ2v) is 5.90. The van der Waals surface area contributed by atoms with Gasteiger partial charge in [-0.2, -0.15) is 0 Å². The summed E-state index contributed by atoms with van der Waals surface area (Å²) in [6, 6.07) is 5.03. The van der Waals surface area contributed by atoms with E-state index in [1.165, 1.54) is 6.26 Å². The van der Waals surface area contributed by atoms with Gasteiger partial charge in [0.2, 0.25) is 0 Å². The average Bonchev–Trinajstić information content (AvgIpc) is 3.07. The van der Waals surface area contributed by atoms with Crippen molar-refractivity contribution in [2.75, 3.05) is 19.6 Å². The number of amides is 1. The Balaban J connectivity index is 1.78. The monoisotopic (exact) mass is 378 g/mol. The number of halogens is 2. The Labute approximate surface area is 157 Å². The Morgan fingerprint density at radius 2 is 1.93 bits per heavy atom. The van der Waals surface area contributed by atoms with Crippen LogP contribution in [0.15, 0.2) is 39.9 Å². The molecule has 3 N–H and O–H groups in total. The van der Waals surface area contributed by atoms with Gasteiger partial charge in [-0.15, -0.1) is 0 Å². The number of nitrogens with one attached hydrogen (secondary N) is 3. The molecular weight excluding hydrogens is 354 g/mol. The highest BCUT2D eigenvalue weighted by atomic mass is 19.1. The van der Waals surface area contributed by atoms with Gasteiger partial charge in [-0.25, -0.2) is 13.8 Å². The number of hydrogen-bond acceptors (Lipinski definition) is 3. The highest BCUT2D eigenvalue weighted by Crippen LogP contribution is 2.10. The fourth-order valence-electron chi connectivity index (χ4n) is 2.35. The Morgan fingerprint density at radius 3 is 2.63 bits per heavy atom. The summed E-state index contributed by atoms with van der Waals surface area (Å²) < 4.78 is 32.0. The molecule has 1 amide bonds. The third kappa shape index (κ3) is 6.40. The zero-order valence-electron chi connectivity index (χ0n) is 15.4. The fraction of sp³-hybridized carbons (Fsp3) is 0.368. The first-order chi connectivity index (χ1) is 13.0. The van der Waals surface area contributed by atoms with Gasteiger partial charge >= 0.3 is 0 Å². The number of guanidine groups is 1. The summed E-state index contributed by atoms with van der Waals surface area (Å²) in [6.07, 6.45) is 2.14. The van der Waals surface area contributed by atoms with Gasteiger partial charge in [-0.1, -0.05) is 0 Å². The van der Waals surface area contributed by atoms with Gasteiger partial charge in [-0.3, -0.25) is 4.79 Å². The summed E-state index contributed by atoms with van der Waals surface area (Å²) in [5.41, 5.74) is 0.977. The van der Waals surface area contributed by atoms with Gasteiger partial charge in [0.1, 0.15) is 11.6 Å². The molecule has 0 atom stereocenters. The molecule has 6 nitrogen and oxygen atoms in total. The zero-order chi connectivity index (χ0) is 19.6. The second-order valence-electron chi connectivity index (χ2n) is 5.90. The van der Waals surface area contributed by atoms with Crippen molar-refractivity contribution in [1.29, 1.82) is 0 Å². The summed E-state index contributed by atoms with van der Waals surface area (Å²) in [5.74, 6) is -0.432. The number of rotatable bonds is 8. The topological polar surface area (TPSA) is 78.7 Å². The van der Waals surface area contributed by atoms with E-state index in [-0.39, 0.29) is 18.0 Å². The average molecular weight is 378 g/mol. The SMILES string of the molecule is CCNC(=NCc1cc(F)ccc1F)NCCCNC(=O)c1occc1C. The third-order valence-corrected chi connectivity index (χ3v) is 3.76. The summed E-state index contributed by atoms with van der Waals surface area (Å²) in [6.45, 7) is 5.38. The van der Waals surface area contributed by atoms with Gasteiger partial charge in [0.05, 0.1) is 12.8 Å². The van der Waals surface area contributed by atoms with Crippen LogP contribution in [-0.2, 0) is 6.54 Å². The van der Waals surface area contributed by atoms with Crippen LogP contribution >= 0.6 is 0 Å². The number of aryl methyl sites for hydroxylation is 1. The zero-order valence-corrected chi connectivity index (χ0v) is 15.4. The van der Waals surface area contributed by atoms with E-state index >= 15 is 0 Å². The number of carbonyl (C=O) groups is 1. The molecule has 0 saturated heterocycles. The molecule has 0 saturated carbocycles. The van der Waals surface area contributed by atoms with Gasteiger partial charge < -0.3 is 20.4 Å². The number of furan rings is 1. The van der Waals surface area contributed by atoms with Crippen molar-refractivity contribution < 1.29 is 18.0 Å². The lowest BCUT2D eigenvalue weighted by Gasteiger charge is -2.11. The maximum absolute atomic E-state index is 13.7. The minimum absolute atomic E-state index is 0.0213. The van der Waals surface area contributed by atoms with Crippen molar-refractivity contribution in [2.45, 2.75) is 26.8 Å². The molecule has 1 aromatic heterocycles. The normalized spacial score (nSPS) is 11.3. The molecule has 27 heavy (non-hydrogen) atoms. The molecule has 0 bridgehead atoms. The van der Waals surface area contributed by atoms with E-state index in [1.54, 1.807) is 13.0 Å². The quantitative estimate of drug-likeness (QED) is 0.375. The van der Waals surface area contributed by atoms with Crippen LogP contribution in [0, 0.1) is 18.6 Å². The molecule has 2 rings (SSSR count). The molecule has 0 fully saturated rings. The van der Waals surface area contributed by atoms with Crippen LogP contribution in [0.2, 0.25) is 0 Å². The number of nitrogens with zero attached hydrogens (tertiary/aromatic N) is 1. The molecule has 146 valence electrons. The number of hydrogen-bond donors (Lipinski definition) is 3. The standard InChI is InChI=1S/C19H24F2N4O2/c1-3-22-19(25-12-14-11-15(20)5-6-16(14)21)24-9-4-8-23-18(26)17-13(2)7-10-27-17/h5-7,10-11H,3-4,8-9,12H2,1-2H3,(H,23,26)(H2,22,24,25). The van der Waals surface area contributed by atoms with Crippen LogP contribution in [0.5, 0.6) is 0 Å². The van der Waals surface area contributed by atoms with E-state index in [9.17, 15) is 13.6 Å². The number of aliphatic imine (C=N–C) groups is 1. The number of carbonyl (C=O) groups excluding carboxylic acids is 1. The maximum atomic E-state index is 13.7. The summed E-state index contributed by atoms with van der Waals surface area (Å²) in [5, 5.41) is 8.91. The predicted octanol–water partition coefficient (Wildman–Crippen LogP) is 2.74. The minimum Gasteiger partial charge on any atom is -0.459 e. The largest absolute Gasteiger partial charge is 0.459 e. The van der Waals surface area contributed by atoms with E-state index in [1.807, 2.05) is 6.92 Å². The maximum Gasteiger partial charge on any atom is 0.287 e. The molecule has 2 aromatic rings. The van der Waals surface area contributed by atoms with Crippen LogP contribution in [0.4, 0.5) is 8.78 Å². The first-order valence-corrected chi connectivity index (χ1v) is 8.79. The van der Waals surface area contributed by atoms with Gasteiger partial charge in [0, 0.05) is 30.8 Å². The van der Waals surface area contributed by atoms with Gasteiger partial charge in [0.15, 0.2) is 11.7 Å². The van der Waals surface area contributed by atoms with Crippen molar-refractivity contribution in [1.82, 2.24) is 16.0 Å². The second kappa shape index (κ2) is 10.3. The Kier molecular flexibility index (Phi) is 7.79. The van der Waals surface area contributed by atoms with Crippen molar-refractivity contribution in [2.24, 2.45) is 4.99 Å². The summed E-state index contributed by atoms with van der Waals surface area (Å²) >= 11 is 0. The molecule has 0 unspecified atom stereocenters. The predicted molar refractivity (Wildman–Crippen MR) is 99.6 cm³/mol. The van der Waals surface area contributed by atoms with Gasteiger partial charge in [-0.05, 0) is 44.5 Å². The Bertz CT molecular complexity index is 790. The first-order valence-electron chi connectivity index (χ1n) is 8.79. The van der Waals surface area contributed by atoms with Crippen LogP contribution in [0.3, 0.4) is 0 Å². The molecule has 0 aliphatic rings. The fourth-order valence-corrected chi connectivity index (χ4v) is 2.35. The van der Waals surface area contributed by atoms with Crippen molar-refractivity contribution in [3.63, 3.8) is 0 Å². The lowest BCUT2D eigenvalue weighted by atomic mass is 10.2. The molecule has 0 aliphatic heterocycles. The van der Waals surface area contributed by atoms with E-state index in [4.69, 9.17) is 4.42 Å². The van der Waals surface area contributed by atoms with Gasteiger partial charge in [0.25, 0.3) is 5.91 Å². The Morgan fingerprint density at radius 1 is 1.15 bits per heavy atom. The first kappa shape index (κ1) is 20.4. The van der Waals surface area contributed by atoms with Crippen molar-refractivity contribution in [3.05, 3.63) is 59.1 Å². The molecule has 0 aliphatic carbocycles. The highest BCUT2D eigenvalue weighted by Gasteiger charge is 2.11. The smallest absolute Gasteiger partial charge is 0.287 e. The van der Waals surface area contributed by atoms with Crippen LogP contribution < -0.4 is 16.0 Å². The molecule has 8 heteroatoms. The van der Waals surface area contributed by atoms with E-state index in [0.717, 1.165) is 23.8 Å². The van der Waals surface area contributed by atoms with Crippen LogP contribution in [-0.4, -0.2) is 31.5 Å². The van der Waals surface area contributed by atoms with E-state index in [2.05, 4.69) is 20.9 Å². The molecule has 1 aromatic carbocycles. The van der Waals surface area contributed by atoms with Crippen LogP contribution in [0.25, 0.3) is 0 Å². The Hall–Kier alpha value is -2.90. The lowest BCUT2D eigenvalue weighted by Crippen LogP contribution is -2.38. The highest BCUT2D eigenvalue weighted by molar-refractivity contribution is 5.92. The number of benzene rings is 1. The van der Waals surface area contributed by atoms with E-state index < -0.39 is 11.6 Å². The van der Waals surface area contributed by atoms with Crippen LogP contribution in [0.1, 0.15) is 35.0 Å². The van der Waals surface area contributed by atoms with Crippen molar-refractivity contribution in [3.8, 4) is 0 Å². The molecule has 0 spiro atoms. The molecular formula is C19H24F2N4O2. The lowest BCUT2D eigenvalue weighted by molar-refractivity contribution is 0.0925. The molecule has 0 radical (unpaired) electrons. The molecule has 1 heterocycles.